The van der Waals surface area contributed by atoms with Crippen LogP contribution in [0.25, 0.3) is 0 Å². The molecule has 1 aliphatic heterocycles. The summed E-state index contributed by atoms with van der Waals surface area (Å²) in [7, 11) is -3.49. The SMILES string of the molecule is CCCC(CCC)(COCC1CCCO1)CS(N)(=O)=O. The van der Waals surface area contributed by atoms with E-state index in [0.717, 1.165) is 45.1 Å². The van der Waals surface area contributed by atoms with E-state index in [2.05, 4.69) is 13.8 Å². The van der Waals surface area contributed by atoms with Crippen LogP contribution in [-0.2, 0) is 19.5 Å². The summed E-state index contributed by atoms with van der Waals surface area (Å²) in [5, 5.41) is 5.27. The summed E-state index contributed by atoms with van der Waals surface area (Å²) >= 11 is 0. The van der Waals surface area contributed by atoms with Crippen LogP contribution < -0.4 is 5.14 Å². The summed E-state index contributed by atoms with van der Waals surface area (Å²) in [4.78, 5) is 0. The quantitative estimate of drug-likeness (QED) is 0.670. The van der Waals surface area contributed by atoms with Gasteiger partial charge in [0.1, 0.15) is 0 Å². The molecule has 0 spiro atoms. The summed E-state index contributed by atoms with van der Waals surface area (Å²) in [6, 6.07) is 0. The maximum atomic E-state index is 11.5. The fraction of sp³-hybridized carbons (Fsp3) is 1.00. The van der Waals surface area contributed by atoms with E-state index in [1.807, 2.05) is 0 Å². The van der Waals surface area contributed by atoms with Crippen LogP contribution in [-0.4, -0.2) is 40.1 Å². The van der Waals surface area contributed by atoms with Gasteiger partial charge in [-0.3, -0.25) is 0 Å². The molecule has 1 heterocycles. The van der Waals surface area contributed by atoms with Gasteiger partial charge in [-0.05, 0) is 25.7 Å². The van der Waals surface area contributed by atoms with Crippen molar-refractivity contribution in [1.29, 1.82) is 0 Å². The molecule has 1 unspecified atom stereocenters. The average molecular weight is 307 g/mol. The number of hydrogen-bond acceptors (Lipinski definition) is 4. The molecule has 20 heavy (non-hydrogen) atoms. The van der Waals surface area contributed by atoms with Crippen LogP contribution in [0.3, 0.4) is 0 Å². The van der Waals surface area contributed by atoms with Crippen molar-refractivity contribution in [2.45, 2.75) is 58.5 Å². The minimum absolute atomic E-state index is 0.00715. The highest BCUT2D eigenvalue weighted by molar-refractivity contribution is 7.89. The first-order chi connectivity index (χ1) is 9.41. The number of hydrogen-bond donors (Lipinski definition) is 1. The predicted octanol–water partition coefficient (Wildman–Crippen LogP) is 2.06. The van der Waals surface area contributed by atoms with Gasteiger partial charge in [-0.1, -0.05) is 26.7 Å². The summed E-state index contributed by atoms with van der Waals surface area (Å²) in [5.74, 6) is 0.00715. The lowest BCUT2D eigenvalue weighted by Crippen LogP contribution is -2.38. The topological polar surface area (TPSA) is 78.6 Å². The van der Waals surface area contributed by atoms with Crippen molar-refractivity contribution in [3.8, 4) is 0 Å². The normalized spacial score (nSPS) is 20.4. The second-order valence-electron chi connectivity index (χ2n) is 5.96. The average Bonchev–Trinajstić information content (AvgIpc) is 2.80. The Morgan fingerprint density at radius 1 is 1.30 bits per heavy atom. The first-order valence-corrected chi connectivity index (χ1v) is 9.32. The molecule has 5 nitrogen and oxygen atoms in total. The Bertz CT molecular complexity index is 357. The molecule has 1 atom stereocenters. The molecule has 1 rings (SSSR count). The number of sulfonamides is 1. The Labute approximate surface area is 123 Å². The Balaban J connectivity index is 2.58. The molecule has 0 aromatic carbocycles. The van der Waals surface area contributed by atoms with Crippen molar-refractivity contribution >= 4 is 10.0 Å². The summed E-state index contributed by atoms with van der Waals surface area (Å²) in [5.41, 5.74) is -0.352. The molecule has 120 valence electrons. The lowest BCUT2D eigenvalue weighted by atomic mass is 9.82. The molecule has 0 aliphatic carbocycles. The van der Waals surface area contributed by atoms with Gasteiger partial charge in [-0.15, -0.1) is 0 Å². The lowest BCUT2D eigenvalue weighted by Gasteiger charge is -2.32. The van der Waals surface area contributed by atoms with Crippen molar-refractivity contribution in [1.82, 2.24) is 0 Å². The highest BCUT2D eigenvalue weighted by Crippen LogP contribution is 2.32. The van der Waals surface area contributed by atoms with E-state index >= 15 is 0 Å². The fourth-order valence-corrected chi connectivity index (χ4v) is 4.35. The standard InChI is InChI=1S/C14H29NO4S/c1-3-7-14(8-4-2,12-20(15,16)17)11-18-10-13-6-5-9-19-13/h13H,3-12H2,1-2H3,(H2,15,16,17). The number of primary sulfonamides is 1. The summed E-state index contributed by atoms with van der Waals surface area (Å²) in [6.45, 7) is 5.94. The van der Waals surface area contributed by atoms with Crippen molar-refractivity contribution in [2.24, 2.45) is 10.6 Å². The Morgan fingerprint density at radius 3 is 2.40 bits per heavy atom. The molecule has 0 saturated carbocycles. The molecule has 0 radical (unpaired) electrons. The van der Waals surface area contributed by atoms with Gasteiger partial charge in [0, 0.05) is 12.0 Å². The van der Waals surface area contributed by atoms with Gasteiger partial charge in [0.15, 0.2) is 0 Å². The smallest absolute Gasteiger partial charge is 0.209 e. The maximum absolute atomic E-state index is 11.5. The molecular formula is C14H29NO4S. The van der Waals surface area contributed by atoms with E-state index in [0.29, 0.717) is 13.2 Å². The van der Waals surface area contributed by atoms with E-state index in [9.17, 15) is 8.42 Å². The van der Waals surface area contributed by atoms with Crippen LogP contribution >= 0.6 is 0 Å². The van der Waals surface area contributed by atoms with E-state index in [1.165, 1.54) is 0 Å². The van der Waals surface area contributed by atoms with Crippen molar-refractivity contribution in [3.63, 3.8) is 0 Å². The van der Waals surface area contributed by atoms with Gasteiger partial charge < -0.3 is 9.47 Å². The minimum atomic E-state index is -3.49. The largest absolute Gasteiger partial charge is 0.378 e. The van der Waals surface area contributed by atoms with Crippen molar-refractivity contribution < 1.29 is 17.9 Å². The third kappa shape index (κ3) is 6.52. The van der Waals surface area contributed by atoms with Crippen LogP contribution in [0.5, 0.6) is 0 Å². The maximum Gasteiger partial charge on any atom is 0.209 e. The van der Waals surface area contributed by atoms with Crippen molar-refractivity contribution in [3.05, 3.63) is 0 Å². The van der Waals surface area contributed by atoms with Crippen LogP contribution in [0.1, 0.15) is 52.4 Å². The Morgan fingerprint density at radius 2 is 1.95 bits per heavy atom. The third-order valence-corrected chi connectivity index (χ3v) is 4.82. The zero-order valence-electron chi connectivity index (χ0n) is 12.8. The minimum Gasteiger partial charge on any atom is -0.378 e. The number of nitrogens with two attached hydrogens (primary N) is 1. The van der Waals surface area contributed by atoms with Crippen LogP contribution in [0.2, 0.25) is 0 Å². The third-order valence-electron chi connectivity index (χ3n) is 3.80. The van der Waals surface area contributed by atoms with E-state index in [-0.39, 0.29) is 17.3 Å². The lowest BCUT2D eigenvalue weighted by molar-refractivity contribution is -0.0175. The van der Waals surface area contributed by atoms with E-state index in [1.54, 1.807) is 0 Å². The first-order valence-electron chi connectivity index (χ1n) is 7.60. The Kier molecular flexibility index (Phi) is 7.43. The molecule has 1 saturated heterocycles. The van der Waals surface area contributed by atoms with Gasteiger partial charge in [0.25, 0.3) is 0 Å². The second kappa shape index (κ2) is 8.32. The number of rotatable bonds is 10. The molecule has 0 bridgehead atoms. The van der Waals surface area contributed by atoms with Gasteiger partial charge in [0.05, 0.1) is 25.1 Å². The van der Waals surface area contributed by atoms with Crippen molar-refractivity contribution in [2.75, 3.05) is 25.6 Å². The molecule has 6 heteroatoms. The molecule has 1 aliphatic rings. The zero-order chi connectivity index (χ0) is 15.1. The van der Waals surface area contributed by atoms with Crippen LogP contribution in [0.15, 0.2) is 0 Å². The van der Waals surface area contributed by atoms with Gasteiger partial charge in [-0.25, -0.2) is 13.6 Å². The van der Waals surface area contributed by atoms with Gasteiger partial charge >= 0.3 is 0 Å². The predicted molar refractivity (Wildman–Crippen MR) is 80.0 cm³/mol. The van der Waals surface area contributed by atoms with Gasteiger partial charge in [0.2, 0.25) is 10.0 Å². The molecule has 0 amide bonds. The number of ether oxygens (including phenoxy) is 2. The fourth-order valence-electron chi connectivity index (χ4n) is 3.13. The zero-order valence-corrected chi connectivity index (χ0v) is 13.6. The molecule has 0 aromatic rings. The van der Waals surface area contributed by atoms with E-state index in [4.69, 9.17) is 14.6 Å². The van der Waals surface area contributed by atoms with Crippen LogP contribution in [0.4, 0.5) is 0 Å². The second-order valence-corrected chi connectivity index (χ2v) is 7.57. The summed E-state index contributed by atoms with van der Waals surface area (Å²) in [6.07, 6.45) is 5.79. The highest BCUT2D eigenvalue weighted by Gasteiger charge is 2.33. The molecule has 2 N–H and O–H groups in total. The summed E-state index contributed by atoms with van der Waals surface area (Å²) < 4.78 is 34.3. The highest BCUT2D eigenvalue weighted by atomic mass is 32.2. The molecule has 0 aromatic heterocycles. The molecular weight excluding hydrogens is 278 g/mol. The molecule has 1 fully saturated rings. The monoisotopic (exact) mass is 307 g/mol. The van der Waals surface area contributed by atoms with Crippen LogP contribution in [0, 0.1) is 5.41 Å². The van der Waals surface area contributed by atoms with E-state index < -0.39 is 10.0 Å². The first kappa shape index (κ1) is 17.9. The van der Waals surface area contributed by atoms with Gasteiger partial charge in [-0.2, -0.15) is 0 Å². The Hall–Kier alpha value is -0.170.